The lowest BCUT2D eigenvalue weighted by atomic mass is 9.99. The van der Waals surface area contributed by atoms with Crippen molar-refractivity contribution in [1.82, 2.24) is 10.8 Å². The standard InChI is InChI=1S/C7H14N2O2/c1-8-11-7(10)6-2-4-9-5-3-6/h6,8-9H,2-5H2,1H3. The van der Waals surface area contributed by atoms with Gasteiger partial charge in [0.2, 0.25) is 0 Å². The minimum absolute atomic E-state index is 0.0868. The number of piperidine rings is 1. The van der Waals surface area contributed by atoms with E-state index in [0.717, 1.165) is 25.9 Å². The quantitative estimate of drug-likeness (QED) is 0.540. The largest absolute Gasteiger partial charge is 0.371 e. The molecule has 0 amide bonds. The molecule has 1 heterocycles. The summed E-state index contributed by atoms with van der Waals surface area (Å²) in [5, 5.41) is 3.18. The van der Waals surface area contributed by atoms with Crippen LogP contribution in [0.2, 0.25) is 0 Å². The molecule has 0 aromatic carbocycles. The molecule has 2 N–H and O–H groups in total. The van der Waals surface area contributed by atoms with E-state index in [1.807, 2.05) is 0 Å². The second-order valence-corrected chi connectivity index (χ2v) is 2.65. The third-order valence-corrected chi connectivity index (χ3v) is 1.88. The minimum atomic E-state index is -0.131. The number of hydroxylamine groups is 1. The molecular formula is C7H14N2O2. The molecule has 0 spiro atoms. The highest BCUT2D eigenvalue weighted by molar-refractivity contribution is 5.72. The topological polar surface area (TPSA) is 50.4 Å². The van der Waals surface area contributed by atoms with E-state index in [4.69, 9.17) is 0 Å². The average Bonchev–Trinajstić information content (AvgIpc) is 2.07. The van der Waals surface area contributed by atoms with E-state index in [2.05, 4.69) is 15.6 Å². The summed E-state index contributed by atoms with van der Waals surface area (Å²) >= 11 is 0. The fraction of sp³-hybridized carbons (Fsp3) is 0.857. The van der Waals surface area contributed by atoms with Gasteiger partial charge < -0.3 is 10.2 Å². The lowest BCUT2D eigenvalue weighted by Crippen LogP contribution is -2.34. The van der Waals surface area contributed by atoms with Crippen molar-refractivity contribution in [2.75, 3.05) is 20.1 Å². The second-order valence-electron chi connectivity index (χ2n) is 2.65. The summed E-state index contributed by atoms with van der Waals surface area (Å²) in [5.41, 5.74) is 2.39. The Morgan fingerprint density at radius 3 is 2.73 bits per heavy atom. The molecule has 11 heavy (non-hydrogen) atoms. The first kappa shape index (κ1) is 8.49. The van der Waals surface area contributed by atoms with Gasteiger partial charge in [-0.05, 0) is 25.9 Å². The Morgan fingerprint density at radius 1 is 1.55 bits per heavy atom. The zero-order valence-electron chi connectivity index (χ0n) is 6.72. The highest BCUT2D eigenvalue weighted by Gasteiger charge is 2.21. The zero-order valence-corrected chi connectivity index (χ0v) is 6.72. The minimum Gasteiger partial charge on any atom is -0.371 e. The summed E-state index contributed by atoms with van der Waals surface area (Å²) in [7, 11) is 1.60. The Kier molecular flexibility index (Phi) is 3.32. The molecule has 1 saturated heterocycles. The highest BCUT2D eigenvalue weighted by atomic mass is 16.7. The van der Waals surface area contributed by atoms with Gasteiger partial charge in [0.15, 0.2) is 0 Å². The van der Waals surface area contributed by atoms with Crippen molar-refractivity contribution < 1.29 is 9.63 Å². The molecule has 1 fully saturated rings. The summed E-state index contributed by atoms with van der Waals surface area (Å²) < 4.78 is 0. The van der Waals surface area contributed by atoms with Gasteiger partial charge in [0, 0.05) is 7.05 Å². The first-order valence-electron chi connectivity index (χ1n) is 3.92. The molecule has 0 saturated carbocycles. The smallest absolute Gasteiger partial charge is 0.327 e. The molecule has 1 rings (SSSR count). The molecule has 0 atom stereocenters. The molecule has 1 aliphatic rings. The number of carbonyl (C=O) groups excluding carboxylic acids is 1. The maximum absolute atomic E-state index is 11.1. The van der Waals surface area contributed by atoms with Crippen LogP contribution in [0.1, 0.15) is 12.8 Å². The fourth-order valence-electron chi connectivity index (χ4n) is 1.24. The summed E-state index contributed by atoms with van der Waals surface area (Å²) in [5.74, 6) is -0.0438. The maximum Gasteiger partial charge on any atom is 0.327 e. The van der Waals surface area contributed by atoms with Crippen molar-refractivity contribution >= 4 is 5.97 Å². The van der Waals surface area contributed by atoms with E-state index < -0.39 is 0 Å². The number of rotatable bonds is 2. The van der Waals surface area contributed by atoms with E-state index in [0.29, 0.717) is 0 Å². The van der Waals surface area contributed by atoms with E-state index in [1.54, 1.807) is 7.05 Å². The third-order valence-electron chi connectivity index (χ3n) is 1.88. The Bertz CT molecular complexity index is 132. The third kappa shape index (κ3) is 2.48. The van der Waals surface area contributed by atoms with Crippen LogP contribution >= 0.6 is 0 Å². The molecule has 4 heteroatoms. The number of hydrogen-bond donors (Lipinski definition) is 2. The van der Waals surface area contributed by atoms with Gasteiger partial charge in [-0.15, -0.1) is 0 Å². The molecule has 0 radical (unpaired) electrons. The normalized spacial score (nSPS) is 19.7. The van der Waals surface area contributed by atoms with E-state index >= 15 is 0 Å². The first-order valence-corrected chi connectivity index (χ1v) is 3.92. The van der Waals surface area contributed by atoms with Crippen molar-refractivity contribution in [2.24, 2.45) is 5.92 Å². The van der Waals surface area contributed by atoms with Crippen LogP contribution in [0.15, 0.2) is 0 Å². The molecule has 4 nitrogen and oxygen atoms in total. The molecule has 0 aromatic heterocycles. The number of carbonyl (C=O) groups is 1. The van der Waals surface area contributed by atoms with Crippen molar-refractivity contribution in [3.05, 3.63) is 0 Å². The molecule has 0 aliphatic carbocycles. The summed E-state index contributed by atoms with van der Waals surface area (Å²) in [6.45, 7) is 1.84. The van der Waals surface area contributed by atoms with E-state index in [1.165, 1.54) is 0 Å². The van der Waals surface area contributed by atoms with Crippen molar-refractivity contribution in [3.8, 4) is 0 Å². The molecule has 0 unspecified atom stereocenters. The maximum atomic E-state index is 11.1. The number of hydrogen-bond acceptors (Lipinski definition) is 4. The molecule has 1 aliphatic heterocycles. The van der Waals surface area contributed by atoms with Gasteiger partial charge in [0.25, 0.3) is 0 Å². The van der Waals surface area contributed by atoms with Crippen LogP contribution in [0, 0.1) is 5.92 Å². The Balaban J connectivity index is 2.27. The second kappa shape index (κ2) is 4.31. The Morgan fingerprint density at radius 2 is 2.18 bits per heavy atom. The van der Waals surface area contributed by atoms with Gasteiger partial charge in [-0.2, -0.15) is 5.48 Å². The van der Waals surface area contributed by atoms with Gasteiger partial charge in [0.05, 0.1) is 5.92 Å². The molecular weight excluding hydrogens is 144 g/mol. The molecule has 0 aromatic rings. The monoisotopic (exact) mass is 158 g/mol. The van der Waals surface area contributed by atoms with Crippen LogP contribution in [0.3, 0.4) is 0 Å². The van der Waals surface area contributed by atoms with Crippen LogP contribution in [0.4, 0.5) is 0 Å². The van der Waals surface area contributed by atoms with Crippen LogP contribution < -0.4 is 10.8 Å². The van der Waals surface area contributed by atoms with Gasteiger partial charge >= 0.3 is 5.97 Å². The average molecular weight is 158 g/mol. The summed E-state index contributed by atoms with van der Waals surface area (Å²) in [4.78, 5) is 15.8. The molecule has 0 bridgehead atoms. The SMILES string of the molecule is CNOC(=O)C1CCNCC1. The molecule has 64 valence electrons. The van der Waals surface area contributed by atoms with Crippen LogP contribution in [-0.2, 0) is 9.63 Å². The van der Waals surface area contributed by atoms with E-state index in [9.17, 15) is 4.79 Å². The highest BCUT2D eigenvalue weighted by Crippen LogP contribution is 2.12. The first-order chi connectivity index (χ1) is 5.34. The van der Waals surface area contributed by atoms with Crippen molar-refractivity contribution in [1.29, 1.82) is 0 Å². The van der Waals surface area contributed by atoms with Crippen LogP contribution in [-0.4, -0.2) is 26.1 Å². The number of nitrogens with one attached hydrogen (secondary N) is 2. The van der Waals surface area contributed by atoms with Gasteiger partial charge in [0.1, 0.15) is 0 Å². The lowest BCUT2D eigenvalue weighted by molar-refractivity contribution is -0.155. The predicted octanol–water partition coefficient (Wildman–Crippen LogP) is -0.336. The fourth-order valence-corrected chi connectivity index (χ4v) is 1.24. The van der Waals surface area contributed by atoms with Gasteiger partial charge in [-0.3, -0.25) is 4.79 Å². The Labute approximate surface area is 66.3 Å². The van der Waals surface area contributed by atoms with Crippen LogP contribution in [0.25, 0.3) is 0 Å². The lowest BCUT2D eigenvalue weighted by Gasteiger charge is -2.20. The summed E-state index contributed by atoms with van der Waals surface area (Å²) in [6.07, 6.45) is 1.78. The van der Waals surface area contributed by atoms with Crippen LogP contribution in [0.5, 0.6) is 0 Å². The van der Waals surface area contributed by atoms with Gasteiger partial charge in [-0.25, -0.2) is 0 Å². The summed E-state index contributed by atoms with van der Waals surface area (Å²) in [6, 6.07) is 0. The van der Waals surface area contributed by atoms with Gasteiger partial charge in [-0.1, -0.05) is 0 Å². The van der Waals surface area contributed by atoms with Crippen molar-refractivity contribution in [2.45, 2.75) is 12.8 Å². The Hall–Kier alpha value is -0.610. The zero-order chi connectivity index (χ0) is 8.10. The van der Waals surface area contributed by atoms with E-state index in [-0.39, 0.29) is 11.9 Å². The van der Waals surface area contributed by atoms with Crippen molar-refractivity contribution in [3.63, 3.8) is 0 Å². The predicted molar refractivity (Wildman–Crippen MR) is 40.7 cm³/mol.